The number of carboxylic acid groups (broad SMARTS) is 1. The Hall–Kier alpha value is 0.176. The maximum Gasteiger partial charge on any atom is 1.00 e. The van der Waals surface area contributed by atoms with Crippen molar-refractivity contribution in [3.8, 4) is 0 Å². The first-order chi connectivity index (χ1) is 8.99. The van der Waals surface area contributed by atoms with Gasteiger partial charge in [0.2, 0.25) is 5.78 Å². The SMILES string of the molecule is CC1(C)CCCC(C)(C)N1C=C(C(=O)[O-])C(=O)C(F)F.[K+]. The second-order valence-corrected chi connectivity index (χ2v) is 6.34. The fraction of sp³-hybridized carbons (Fsp3) is 0.714. The van der Waals surface area contributed by atoms with Gasteiger partial charge in [0, 0.05) is 17.3 Å². The third-order valence-electron chi connectivity index (χ3n) is 3.82. The average Bonchev–Trinajstić information content (AvgIpc) is 2.25. The number of rotatable bonds is 4. The van der Waals surface area contributed by atoms with Crippen molar-refractivity contribution >= 4 is 11.8 Å². The van der Waals surface area contributed by atoms with E-state index in [1.165, 1.54) is 0 Å². The Bertz CT molecular complexity index is 432. The van der Waals surface area contributed by atoms with Crippen LogP contribution in [0.4, 0.5) is 8.78 Å². The van der Waals surface area contributed by atoms with Crippen LogP contribution < -0.4 is 56.5 Å². The summed E-state index contributed by atoms with van der Waals surface area (Å²) in [7, 11) is 0. The summed E-state index contributed by atoms with van der Waals surface area (Å²) in [6, 6.07) is 0. The molecular weight excluding hydrogens is 307 g/mol. The van der Waals surface area contributed by atoms with Crippen LogP contribution in [0.5, 0.6) is 0 Å². The van der Waals surface area contributed by atoms with Gasteiger partial charge < -0.3 is 14.8 Å². The number of alkyl halides is 2. The van der Waals surface area contributed by atoms with E-state index in [0.717, 1.165) is 25.5 Å². The molecule has 21 heavy (non-hydrogen) atoms. The summed E-state index contributed by atoms with van der Waals surface area (Å²) >= 11 is 0. The van der Waals surface area contributed by atoms with Gasteiger partial charge in [-0.15, -0.1) is 0 Å². The molecule has 0 aromatic heterocycles. The predicted molar refractivity (Wildman–Crippen MR) is 67.9 cm³/mol. The van der Waals surface area contributed by atoms with E-state index in [1.807, 2.05) is 27.7 Å². The molecule has 0 aliphatic carbocycles. The number of Topliss-reactive ketones (excluding diaryl/α,β-unsaturated/α-hetero) is 1. The first-order valence-electron chi connectivity index (χ1n) is 6.54. The number of hydrogen-bond acceptors (Lipinski definition) is 4. The number of halogens is 2. The van der Waals surface area contributed by atoms with Gasteiger partial charge >= 0.3 is 57.8 Å². The Balaban J connectivity index is 0.00000400. The fourth-order valence-electron chi connectivity index (χ4n) is 2.83. The van der Waals surface area contributed by atoms with Gasteiger partial charge in [-0.2, -0.15) is 0 Å². The van der Waals surface area contributed by atoms with Crippen LogP contribution in [-0.2, 0) is 9.59 Å². The van der Waals surface area contributed by atoms with Crippen LogP contribution >= 0.6 is 0 Å². The number of aliphatic carboxylic acids is 1. The monoisotopic (exact) mass is 327 g/mol. The molecule has 1 rings (SSSR count). The number of carbonyl (C=O) groups is 2. The minimum absolute atomic E-state index is 0. The van der Waals surface area contributed by atoms with Crippen molar-refractivity contribution in [1.29, 1.82) is 0 Å². The van der Waals surface area contributed by atoms with Gasteiger partial charge in [0.15, 0.2) is 0 Å². The van der Waals surface area contributed by atoms with Gasteiger partial charge in [-0.05, 0) is 47.0 Å². The summed E-state index contributed by atoms with van der Waals surface area (Å²) in [4.78, 5) is 24.0. The smallest absolute Gasteiger partial charge is 0.545 e. The Kier molecular flexibility index (Phi) is 7.70. The second kappa shape index (κ2) is 7.63. The van der Waals surface area contributed by atoms with Gasteiger partial charge in [0.25, 0.3) is 0 Å². The number of nitrogens with zero attached hydrogens (tertiary/aromatic N) is 1. The summed E-state index contributed by atoms with van der Waals surface area (Å²) in [6.07, 6.45) is 0.207. The van der Waals surface area contributed by atoms with E-state index < -0.39 is 34.8 Å². The van der Waals surface area contributed by atoms with E-state index in [-0.39, 0.29) is 51.4 Å². The molecule has 0 amide bonds. The van der Waals surface area contributed by atoms with Crippen LogP contribution in [0.3, 0.4) is 0 Å². The number of hydrogen-bond donors (Lipinski definition) is 0. The first kappa shape index (κ1) is 21.2. The summed E-state index contributed by atoms with van der Waals surface area (Å²) in [6.45, 7) is 7.57. The number of carbonyl (C=O) groups excluding carboxylic acids is 2. The molecule has 1 fully saturated rings. The van der Waals surface area contributed by atoms with Crippen LogP contribution in [0.1, 0.15) is 47.0 Å². The van der Waals surface area contributed by atoms with Crippen molar-refractivity contribution in [3.63, 3.8) is 0 Å². The molecule has 0 N–H and O–H groups in total. The third kappa shape index (κ3) is 5.09. The van der Waals surface area contributed by atoms with Crippen molar-refractivity contribution < 1.29 is 74.9 Å². The topological polar surface area (TPSA) is 60.4 Å². The standard InChI is InChI=1S/C14H21F2NO3.K/c1-13(2)6-5-7-14(3,4)17(13)8-9(12(19)20)10(18)11(15)16;/h8,11H,5-7H2,1-4H3,(H,19,20);/q;+1/p-1. The van der Waals surface area contributed by atoms with E-state index in [9.17, 15) is 23.5 Å². The second-order valence-electron chi connectivity index (χ2n) is 6.34. The zero-order valence-corrected chi connectivity index (χ0v) is 16.3. The molecule has 0 bridgehead atoms. The molecule has 0 unspecified atom stereocenters. The van der Waals surface area contributed by atoms with Crippen molar-refractivity contribution in [3.05, 3.63) is 11.8 Å². The van der Waals surface area contributed by atoms with E-state index in [2.05, 4.69) is 0 Å². The minimum Gasteiger partial charge on any atom is -0.545 e. The van der Waals surface area contributed by atoms with Crippen LogP contribution in [0.2, 0.25) is 0 Å². The maximum atomic E-state index is 12.5. The molecule has 7 heteroatoms. The van der Waals surface area contributed by atoms with Crippen molar-refractivity contribution in [2.75, 3.05) is 0 Å². The van der Waals surface area contributed by atoms with Crippen LogP contribution in [0.15, 0.2) is 11.8 Å². The number of carboxylic acids is 1. The van der Waals surface area contributed by atoms with Crippen molar-refractivity contribution in [2.24, 2.45) is 0 Å². The van der Waals surface area contributed by atoms with E-state index in [4.69, 9.17) is 0 Å². The molecule has 4 nitrogen and oxygen atoms in total. The van der Waals surface area contributed by atoms with Crippen LogP contribution in [0.25, 0.3) is 0 Å². The summed E-state index contributed by atoms with van der Waals surface area (Å²) in [5, 5.41) is 11.0. The number of ketones is 1. The Morgan fingerprint density at radius 1 is 1.14 bits per heavy atom. The fourth-order valence-corrected chi connectivity index (χ4v) is 2.83. The molecule has 1 heterocycles. The zero-order chi connectivity index (χ0) is 15.7. The molecule has 1 saturated heterocycles. The van der Waals surface area contributed by atoms with E-state index in [1.54, 1.807) is 4.90 Å². The molecule has 0 atom stereocenters. The van der Waals surface area contributed by atoms with Gasteiger partial charge in [-0.3, -0.25) is 4.79 Å². The van der Waals surface area contributed by atoms with Crippen LogP contribution in [-0.4, -0.2) is 34.2 Å². The quantitative estimate of drug-likeness (QED) is 0.273. The normalized spacial score (nSPS) is 20.9. The van der Waals surface area contributed by atoms with Crippen LogP contribution in [0, 0.1) is 0 Å². The number of likely N-dealkylation sites (tertiary alicyclic amines) is 1. The van der Waals surface area contributed by atoms with Gasteiger partial charge in [-0.25, -0.2) is 8.78 Å². The molecule has 0 aromatic carbocycles. The number of piperidine rings is 1. The van der Waals surface area contributed by atoms with Gasteiger partial charge in [-0.1, -0.05) is 0 Å². The molecule has 0 radical (unpaired) electrons. The molecule has 114 valence electrons. The Morgan fingerprint density at radius 3 is 1.90 bits per heavy atom. The van der Waals surface area contributed by atoms with Gasteiger partial charge in [0.1, 0.15) is 0 Å². The van der Waals surface area contributed by atoms with E-state index in [0.29, 0.717) is 0 Å². The first-order valence-corrected chi connectivity index (χ1v) is 6.54. The molecule has 1 aliphatic heterocycles. The third-order valence-corrected chi connectivity index (χ3v) is 3.82. The Labute approximate surface area is 166 Å². The zero-order valence-electron chi connectivity index (χ0n) is 13.2. The average molecular weight is 327 g/mol. The van der Waals surface area contributed by atoms with Crippen molar-refractivity contribution in [1.82, 2.24) is 4.90 Å². The Morgan fingerprint density at radius 2 is 1.57 bits per heavy atom. The van der Waals surface area contributed by atoms with E-state index >= 15 is 0 Å². The van der Waals surface area contributed by atoms with Gasteiger partial charge in [0.05, 0.1) is 11.5 Å². The molecule has 1 aliphatic rings. The summed E-state index contributed by atoms with van der Waals surface area (Å²) < 4.78 is 25.0. The predicted octanol–water partition coefficient (Wildman–Crippen LogP) is -1.50. The maximum absolute atomic E-state index is 12.5. The minimum atomic E-state index is -3.35. The summed E-state index contributed by atoms with van der Waals surface area (Å²) in [5.41, 5.74) is -1.79. The molecule has 0 aromatic rings. The molecular formula is C14H20F2KNO3. The molecule has 0 saturated carbocycles. The summed E-state index contributed by atoms with van der Waals surface area (Å²) in [5.74, 6) is -3.57. The molecule has 0 spiro atoms. The van der Waals surface area contributed by atoms with Crippen molar-refractivity contribution in [2.45, 2.75) is 64.5 Å². The largest absolute Gasteiger partial charge is 1.00 e.